The monoisotopic (exact) mass is 267 g/mol. The van der Waals surface area contributed by atoms with Crippen LogP contribution in [0.4, 0.5) is 0 Å². The van der Waals surface area contributed by atoms with Crippen molar-refractivity contribution in [1.82, 2.24) is 0 Å². The maximum atomic E-state index is 6.35. The summed E-state index contributed by atoms with van der Waals surface area (Å²) in [6, 6.07) is 0.481. The molecule has 114 valence electrons. The largest absolute Gasteiger partial charge is 0.327 e. The molecule has 1 aliphatic rings. The summed E-state index contributed by atoms with van der Waals surface area (Å²) in [6.45, 7) is 9.48. The summed E-state index contributed by atoms with van der Waals surface area (Å²) in [5, 5.41) is 0. The van der Waals surface area contributed by atoms with Gasteiger partial charge in [0.2, 0.25) is 0 Å². The van der Waals surface area contributed by atoms with Gasteiger partial charge in [0.25, 0.3) is 0 Å². The summed E-state index contributed by atoms with van der Waals surface area (Å²) in [5.41, 5.74) is 6.82. The Hall–Kier alpha value is -0.0400. The first-order valence-corrected chi connectivity index (χ1v) is 8.70. The molecule has 3 unspecified atom stereocenters. The van der Waals surface area contributed by atoms with E-state index in [1.807, 2.05) is 0 Å². The standard InChI is InChI=1S/C18H37N/c1-5-6-7-8-9-10-11-15-14-16(18(2,3)4)12-13-17(15)19/h15-17H,5-14,19H2,1-4H3. The molecule has 1 fully saturated rings. The van der Waals surface area contributed by atoms with Crippen LogP contribution in [0, 0.1) is 17.3 Å². The van der Waals surface area contributed by atoms with E-state index in [4.69, 9.17) is 5.73 Å². The van der Waals surface area contributed by atoms with Crippen LogP contribution >= 0.6 is 0 Å². The number of hydrogen-bond acceptors (Lipinski definition) is 1. The van der Waals surface area contributed by atoms with E-state index in [0.29, 0.717) is 11.5 Å². The van der Waals surface area contributed by atoms with Crippen molar-refractivity contribution in [3.05, 3.63) is 0 Å². The van der Waals surface area contributed by atoms with Gasteiger partial charge in [0, 0.05) is 6.04 Å². The summed E-state index contributed by atoms with van der Waals surface area (Å²) in [5.74, 6) is 1.68. The number of unbranched alkanes of at least 4 members (excludes halogenated alkanes) is 5. The molecule has 3 atom stereocenters. The lowest BCUT2D eigenvalue weighted by molar-refractivity contribution is 0.121. The molecule has 0 radical (unpaired) electrons. The smallest absolute Gasteiger partial charge is 0.00673 e. The van der Waals surface area contributed by atoms with Crippen molar-refractivity contribution in [3.8, 4) is 0 Å². The minimum atomic E-state index is 0.472. The number of hydrogen-bond donors (Lipinski definition) is 1. The van der Waals surface area contributed by atoms with E-state index in [1.54, 1.807) is 0 Å². The lowest BCUT2D eigenvalue weighted by atomic mass is 9.67. The van der Waals surface area contributed by atoms with E-state index in [2.05, 4.69) is 27.7 Å². The van der Waals surface area contributed by atoms with Crippen LogP contribution in [-0.4, -0.2) is 6.04 Å². The topological polar surface area (TPSA) is 26.0 Å². The summed E-state index contributed by atoms with van der Waals surface area (Å²) >= 11 is 0. The molecule has 0 spiro atoms. The molecular formula is C18H37N. The highest BCUT2D eigenvalue weighted by molar-refractivity contribution is 4.87. The van der Waals surface area contributed by atoms with E-state index in [1.165, 1.54) is 64.2 Å². The van der Waals surface area contributed by atoms with Crippen LogP contribution in [0.3, 0.4) is 0 Å². The van der Waals surface area contributed by atoms with Gasteiger partial charge >= 0.3 is 0 Å². The first-order chi connectivity index (χ1) is 8.95. The molecule has 1 aliphatic carbocycles. The summed E-state index contributed by atoms with van der Waals surface area (Å²) < 4.78 is 0. The zero-order valence-corrected chi connectivity index (χ0v) is 13.9. The molecule has 0 aromatic carbocycles. The third-order valence-electron chi connectivity index (χ3n) is 5.19. The fraction of sp³-hybridized carbons (Fsp3) is 1.00. The number of nitrogens with two attached hydrogens (primary N) is 1. The van der Waals surface area contributed by atoms with Crippen LogP contribution in [0.25, 0.3) is 0 Å². The highest BCUT2D eigenvalue weighted by Gasteiger charge is 2.33. The van der Waals surface area contributed by atoms with Crippen LogP contribution < -0.4 is 5.73 Å². The Labute approximate surface area is 121 Å². The third-order valence-corrected chi connectivity index (χ3v) is 5.19. The minimum absolute atomic E-state index is 0.472. The van der Waals surface area contributed by atoms with Crippen molar-refractivity contribution < 1.29 is 0 Å². The normalized spacial score (nSPS) is 28.6. The molecule has 1 heteroatoms. The summed E-state index contributed by atoms with van der Waals surface area (Å²) in [7, 11) is 0. The lowest BCUT2D eigenvalue weighted by Crippen LogP contribution is -2.39. The Balaban J connectivity index is 2.23. The van der Waals surface area contributed by atoms with Gasteiger partial charge in [-0.3, -0.25) is 0 Å². The lowest BCUT2D eigenvalue weighted by Gasteiger charge is -2.40. The Kier molecular flexibility index (Phi) is 7.42. The first-order valence-electron chi connectivity index (χ1n) is 8.70. The van der Waals surface area contributed by atoms with Gasteiger partial charge in [0.1, 0.15) is 0 Å². The first kappa shape index (κ1) is 17.0. The molecule has 19 heavy (non-hydrogen) atoms. The second-order valence-corrected chi connectivity index (χ2v) is 7.86. The Morgan fingerprint density at radius 2 is 1.58 bits per heavy atom. The second kappa shape index (κ2) is 8.29. The molecule has 2 N–H and O–H groups in total. The third kappa shape index (κ3) is 6.29. The molecule has 0 amide bonds. The Bertz CT molecular complexity index is 228. The predicted molar refractivity (Wildman–Crippen MR) is 86.3 cm³/mol. The quantitative estimate of drug-likeness (QED) is 0.603. The highest BCUT2D eigenvalue weighted by atomic mass is 14.7. The molecule has 0 bridgehead atoms. The van der Waals surface area contributed by atoms with Gasteiger partial charge in [-0.15, -0.1) is 0 Å². The van der Waals surface area contributed by atoms with Crippen molar-refractivity contribution in [2.45, 2.75) is 97.9 Å². The zero-order chi connectivity index (χ0) is 14.3. The van der Waals surface area contributed by atoms with E-state index >= 15 is 0 Å². The van der Waals surface area contributed by atoms with E-state index < -0.39 is 0 Å². The van der Waals surface area contributed by atoms with Crippen LogP contribution in [0.1, 0.15) is 91.9 Å². The maximum Gasteiger partial charge on any atom is 0.00673 e. The van der Waals surface area contributed by atoms with Crippen LogP contribution in [0.2, 0.25) is 0 Å². The average molecular weight is 268 g/mol. The highest BCUT2D eigenvalue weighted by Crippen LogP contribution is 2.41. The fourth-order valence-electron chi connectivity index (χ4n) is 3.59. The van der Waals surface area contributed by atoms with Gasteiger partial charge in [-0.2, -0.15) is 0 Å². The van der Waals surface area contributed by atoms with Crippen LogP contribution in [0.5, 0.6) is 0 Å². The van der Waals surface area contributed by atoms with Gasteiger partial charge in [-0.25, -0.2) is 0 Å². The van der Waals surface area contributed by atoms with E-state index in [0.717, 1.165) is 11.8 Å². The summed E-state index contributed by atoms with van der Waals surface area (Å²) in [6.07, 6.45) is 13.8. The SMILES string of the molecule is CCCCCCCCC1CC(C(C)(C)C)CCC1N. The van der Waals surface area contributed by atoms with Gasteiger partial charge in [0.05, 0.1) is 0 Å². The van der Waals surface area contributed by atoms with Crippen molar-refractivity contribution in [2.75, 3.05) is 0 Å². The van der Waals surface area contributed by atoms with Crippen LogP contribution in [-0.2, 0) is 0 Å². The average Bonchev–Trinajstić information content (AvgIpc) is 2.34. The molecule has 0 aromatic rings. The molecule has 0 saturated heterocycles. The van der Waals surface area contributed by atoms with Crippen molar-refractivity contribution in [1.29, 1.82) is 0 Å². The molecule has 0 heterocycles. The molecule has 0 aliphatic heterocycles. The van der Waals surface area contributed by atoms with Gasteiger partial charge in [0.15, 0.2) is 0 Å². The summed E-state index contributed by atoms with van der Waals surface area (Å²) in [4.78, 5) is 0. The molecular weight excluding hydrogens is 230 g/mol. The fourth-order valence-corrected chi connectivity index (χ4v) is 3.59. The van der Waals surface area contributed by atoms with Crippen LogP contribution in [0.15, 0.2) is 0 Å². The minimum Gasteiger partial charge on any atom is -0.327 e. The van der Waals surface area contributed by atoms with Crippen molar-refractivity contribution >= 4 is 0 Å². The maximum absolute atomic E-state index is 6.35. The number of rotatable bonds is 7. The predicted octanol–water partition coefficient (Wildman–Crippen LogP) is 5.53. The van der Waals surface area contributed by atoms with Gasteiger partial charge in [-0.05, 0) is 42.9 Å². The van der Waals surface area contributed by atoms with Gasteiger partial charge < -0.3 is 5.73 Å². The molecule has 1 rings (SSSR count). The molecule has 1 saturated carbocycles. The zero-order valence-electron chi connectivity index (χ0n) is 13.9. The Morgan fingerprint density at radius 1 is 0.947 bits per heavy atom. The van der Waals surface area contributed by atoms with E-state index in [9.17, 15) is 0 Å². The molecule has 1 nitrogen and oxygen atoms in total. The second-order valence-electron chi connectivity index (χ2n) is 7.86. The van der Waals surface area contributed by atoms with Crippen molar-refractivity contribution in [2.24, 2.45) is 23.0 Å². The Morgan fingerprint density at radius 3 is 2.21 bits per heavy atom. The van der Waals surface area contributed by atoms with E-state index in [-0.39, 0.29) is 0 Å². The molecule has 0 aromatic heterocycles. The van der Waals surface area contributed by atoms with Gasteiger partial charge in [-0.1, -0.05) is 66.2 Å². The van der Waals surface area contributed by atoms with Crippen molar-refractivity contribution in [3.63, 3.8) is 0 Å².